The summed E-state index contributed by atoms with van der Waals surface area (Å²) in [4.78, 5) is 13.5. The molecule has 0 saturated heterocycles. The molecule has 0 saturated carbocycles. The number of ether oxygens (including phenoxy) is 1. The molecule has 0 aliphatic carbocycles. The number of pyridine rings is 1. The second kappa shape index (κ2) is 8.64. The highest BCUT2D eigenvalue weighted by molar-refractivity contribution is 5.60. The van der Waals surface area contributed by atoms with Crippen molar-refractivity contribution in [3.8, 4) is 28.6 Å². The number of hydrogen-bond acceptors (Lipinski definition) is 7. The standard InChI is InChI=1S/C20H25N5O2/c1-5-25(13-12-24(2)3)18-11-8-16(14-21-18)20-22-19(23-27-20)15-6-9-17(26-4)10-7-15/h6-11,14H,5,12-13H2,1-4H3. The molecule has 0 unspecified atom stereocenters. The van der Waals surface area contributed by atoms with Crippen LogP contribution in [0.3, 0.4) is 0 Å². The van der Waals surface area contributed by atoms with E-state index in [0.717, 1.165) is 42.3 Å². The molecule has 2 aromatic heterocycles. The van der Waals surface area contributed by atoms with Gasteiger partial charge in [0.2, 0.25) is 5.82 Å². The van der Waals surface area contributed by atoms with Gasteiger partial charge in [0, 0.05) is 31.4 Å². The third-order valence-corrected chi connectivity index (χ3v) is 4.29. The number of aromatic nitrogens is 3. The molecule has 0 amide bonds. The largest absolute Gasteiger partial charge is 0.497 e. The monoisotopic (exact) mass is 367 g/mol. The van der Waals surface area contributed by atoms with Crippen LogP contribution in [-0.4, -0.2) is 60.9 Å². The molecule has 0 aliphatic rings. The van der Waals surface area contributed by atoms with Gasteiger partial charge in [0.1, 0.15) is 11.6 Å². The van der Waals surface area contributed by atoms with Crippen LogP contribution in [0.2, 0.25) is 0 Å². The van der Waals surface area contributed by atoms with Crippen molar-refractivity contribution in [1.29, 1.82) is 0 Å². The molecule has 0 radical (unpaired) electrons. The Hall–Kier alpha value is -2.93. The minimum absolute atomic E-state index is 0.455. The van der Waals surface area contributed by atoms with Crippen LogP contribution in [0.1, 0.15) is 6.92 Å². The van der Waals surface area contributed by atoms with E-state index in [4.69, 9.17) is 9.26 Å². The number of hydrogen-bond donors (Lipinski definition) is 0. The lowest BCUT2D eigenvalue weighted by Gasteiger charge is -2.23. The summed E-state index contributed by atoms with van der Waals surface area (Å²) in [5.41, 5.74) is 1.67. The van der Waals surface area contributed by atoms with Gasteiger partial charge < -0.3 is 19.1 Å². The number of anilines is 1. The van der Waals surface area contributed by atoms with Crippen molar-refractivity contribution in [3.63, 3.8) is 0 Å². The highest BCUT2D eigenvalue weighted by Crippen LogP contribution is 2.24. The normalized spacial score (nSPS) is 11.0. The van der Waals surface area contributed by atoms with Crippen molar-refractivity contribution >= 4 is 5.82 Å². The Morgan fingerprint density at radius 3 is 2.33 bits per heavy atom. The van der Waals surface area contributed by atoms with Crippen LogP contribution >= 0.6 is 0 Å². The third kappa shape index (κ3) is 4.62. The predicted molar refractivity (Wildman–Crippen MR) is 106 cm³/mol. The maximum atomic E-state index is 5.41. The Kier molecular flexibility index (Phi) is 6.03. The Bertz CT molecular complexity index is 844. The summed E-state index contributed by atoms with van der Waals surface area (Å²) < 4.78 is 10.6. The number of benzene rings is 1. The highest BCUT2D eigenvalue weighted by atomic mass is 16.5. The summed E-state index contributed by atoms with van der Waals surface area (Å²) in [6.07, 6.45) is 1.78. The number of methoxy groups -OCH3 is 1. The second-order valence-electron chi connectivity index (χ2n) is 6.44. The molecule has 2 heterocycles. The fourth-order valence-electron chi connectivity index (χ4n) is 2.65. The smallest absolute Gasteiger partial charge is 0.259 e. The fraction of sp³-hybridized carbons (Fsp3) is 0.350. The van der Waals surface area contributed by atoms with Crippen LogP contribution in [0.15, 0.2) is 47.1 Å². The molecular weight excluding hydrogens is 342 g/mol. The first kappa shape index (κ1) is 18.8. The van der Waals surface area contributed by atoms with Crippen molar-refractivity contribution in [3.05, 3.63) is 42.6 Å². The number of likely N-dealkylation sites (N-methyl/N-ethyl adjacent to an activating group) is 2. The average Bonchev–Trinajstić information content (AvgIpc) is 3.19. The zero-order chi connectivity index (χ0) is 19.2. The average molecular weight is 367 g/mol. The Balaban J connectivity index is 1.74. The van der Waals surface area contributed by atoms with E-state index in [1.807, 2.05) is 36.4 Å². The molecule has 142 valence electrons. The molecule has 7 nitrogen and oxygen atoms in total. The zero-order valence-corrected chi connectivity index (χ0v) is 16.2. The quantitative estimate of drug-likeness (QED) is 0.606. The van der Waals surface area contributed by atoms with E-state index in [1.54, 1.807) is 13.3 Å². The van der Waals surface area contributed by atoms with Gasteiger partial charge in [-0.05, 0) is 57.4 Å². The summed E-state index contributed by atoms with van der Waals surface area (Å²) >= 11 is 0. The van der Waals surface area contributed by atoms with Crippen molar-refractivity contribution in [1.82, 2.24) is 20.0 Å². The molecule has 3 rings (SSSR count). The van der Waals surface area contributed by atoms with Crippen molar-refractivity contribution in [2.24, 2.45) is 0 Å². The third-order valence-electron chi connectivity index (χ3n) is 4.29. The molecule has 0 aliphatic heterocycles. The zero-order valence-electron chi connectivity index (χ0n) is 16.2. The van der Waals surface area contributed by atoms with E-state index in [0.29, 0.717) is 11.7 Å². The summed E-state index contributed by atoms with van der Waals surface area (Å²) in [7, 11) is 5.78. The molecule has 7 heteroatoms. The van der Waals surface area contributed by atoms with Gasteiger partial charge >= 0.3 is 0 Å². The van der Waals surface area contributed by atoms with Gasteiger partial charge in [-0.3, -0.25) is 0 Å². The first-order valence-corrected chi connectivity index (χ1v) is 8.95. The minimum atomic E-state index is 0.455. The van der Waals surface area contributed by atoms with Gasteiger partial charge in [0.05, 0.1) is 12.7 Å². The molecule has 1 aromatic carbocycles. The van der Waals surface area contributed by atoms with E-state index < -0.39 is 0 Å². The molecule has 27 heavy (non-hydrogen) atoms. The summed E-state index contributed by atoms with van der Waals surface area (Å²) in [5.74, 6) is 2.73. The second-order valence-corrected chi connectivity index (χ2v) is 6.44. The van der Waals surface area contributed by atoms with Crippen molar-refractivity contribution in [2.75, 3.05) is 45.7 Å². The molecule has 0 N–H and O–H groups in total. The summed E-state index contributed by atoms with van der Waals surface area (Å²) in [6.45, 7) is 4.94. The predicted octanol–water partition coefficient (Wildman–Crippen LogP) is 3.20. The lowest BCUT2D eigenvalue weighted by molar-refractivity contribution is 0.413. The molecule has 0 spiro atoms. The van der Waals surface area contributed by atoms with Crippen LogP contribution in [0.5, 0.6) is 5.75 Å². The molecular formula is C20H25N5O2. The van der Waals surface area contributed by atoms with Crippen LogP contribution in [0, 0.1) is 0 Å². The lowest BCUT2D eigenvalue weighted by atomic mass is 10.2. The van der Waals surface area contributed by atoms with Crippen LogP contribution in [0.4, 0.5) is 5.82 Å². The van der Waals surface area contributed by atoms with Crippen LogP contribution < -0.4 is 9.64 Å². The highest BCUT2D eigenvalue weighted by Gasteiger charge is 2.12. The van der Waals surface area contributed by atoms with Gasteiger partial charge in [-0.25, -0.2) is 4.98 Å². The molecule has 3 aromatic rings. The minimum Gasteiger partial charge on any atom is -0.497 e. The Morgan fingerprint density at radius 1 is 1.00 bits per heavy atom. The molecule has 0 fully saturated rings. The SMILES string of the molecule is CCN(CCN(C)C)c1ccc(-c2nc(-c3ccc(OC)cc3)no2)cn1. The first-order chi connectivity index (χ1) is 13.1. The fourth-order valence-corrected chi connectivity index (χ4v) is 2.65. The van der Waals surface area contributed by atoms with Crippen LogP contribution in [0.25, 0.3) is 22.8 Å². The Labute approximate surface area is 159 Å². The van der Waals surface area contributed by atoms with Gasteiger partial charge in [-0.15, -0.1) is 0 Å². The number of nitrogens with zero attached hydrogens (tertiary/aromatic N) is 5. The molecule has 0 bridgehead atoms. The maximum Gasteiger partial charge on any atom is 0.259 e. The van der Waals surface area contributed by atoms with Gasteiger partial charge in [0.15, 0.2) is 0 Å². The van der Waals surface area contributed by atoms with Crippen LogP contribution in [-0.2, 0) is 0 Å². The van der Waals surface area contributed by atoms with E-state index in [2.05, 4.69) is 45.9 Å². The lowest BCUT2D eigenvalue weighted by Crippen LogP contribution is -2.32. The Morgan fingerprint density at radius 2 is 1.74 bits per heavy atom. The van der Waals surface area contributed by atoms with Gasteiger partial charge in [0.25, 0.3) is 5.89 Å². The van der Waals surface area contributed by atoms with Gasteiger partial charge in [-0.1, -0.05) is 5.16 Å². The first-order valence-electron chi connectivity index (χ1n) is 8.95. The number of rotatable bonds is 8. The summed E-state index contributed by atoms with van der Waals surface area (Å²) in [6, 6.07) is 11.5. The maximum absolute atomic E-state index is 5.41. The van der Waals surface area contributed by atoms with Gasteiger partial charge in [-0.2, -0.15) is 4.98 Å². The molecule has 0 atom stereocenters. The topological polar surface area (TPSA) is 67.5 Å². The summed E-state index contributed by atoms with van der Waals surface area (Å²) in [5, 5.41) is 4.07. The van der Waals surface area contributed by atoms with E-state index in [-0.39, 0.29) is 0 Å². The van der Waals surface area contributed by atoms with E-state index in [9.17, 15) is 0 Å². The van der Waals surface area contributed by atoms with E-state index in [1.165, 1.54) is 0 Å². The van der Waals surface area contributed by atoms with E-state index >= 15 is 0 Å². The van der Waals surface area contributed by atoms with Crippen molar-refractivity contribution < 1.29 is 9.26 Å². The van der Waals surface area contributed by atoms with Crippen molar-refractivity contribution in [2.45, 2.75) is 6.92 Å².